The molecule has 2 heteroatoms. The van der Waals surface area contributed by atoms with Gasteiger partial charge >= 0.3 is 0 Å². The van der Waals surface area contributed by atoms with E-state index in [1.54, 1.807) is 7.11 Å². The summed E-state index contributed by atoms with van der Waals surface area (Å²) in [5.41, 5.74) is 0. The first-order valence-electron chi connectivity index (χ1n) is 5.98. The lowest BCUT2D eigenvalue weighted by Gasteiger charge is -2.09. The van der Waals surface area contributed by atoms with Gasteiger partial charge in [0.15, 0.2) is 0 Å². The largest absolute Gasteiger partial charge is 0.393 e. The normalized spacial score (nSPS) is 13.1. The highest BCUT2D eigenvalue weighted by Gasteiger charge is 2.02. The molecule has 0 heterocycles. The number of aliphatic hydroxyl groups is 1. The molecule has 0 rings (SSSR count). The zero-order chi connectivity index (χ0) is 10.6. The van der Waals surface area contributed by atoms with Gasteiger partial charge in [-0.3, -0.25) is 0 Å². The Hall–Kier alpha value is -0.0800. The SMILES string of the molecule is CCCCCCCCC(O)CCOC. The molecule has 14 heavy (non-hydrogen) atoms. The summed E-state index contributed by atoms with van der Waals surface area (Å²) in [4.78, 5) is 0. The highest BCUT2D eigenvalue weighted by atomic mass is 16.5. The lowest BCUT2D eigenvalue weighted by molar-refractivity contribution is 0.102. The van der Waals surface area contributed by atoms with E-state index in [9.17, 15) is 5.11 Å². The van der Waals surface area contributed by atoms with Crippen LogP contribution in [0, 0.1) is 0 Å². The van der Waals surface area contributed by atoms with Crippen LogP contribution in [0.15, 0.2) is 0 Å². The van der Waals surface area contributed by atoms with E-state index in [0.29, 0.717) is 6.61 Å². The highest BCUT2D eigenvalue weighted by Crippen LogP contribution is 2.09. The maximum absolute atomic E-state index is 9.50. The standard InChI is InChI=1S/C12H26O2/c1-3-4-5-6-7-8-9-12(13)10-11-14-2/h12-13H,3-11H2,1-2H3. The maximum Gasteiger partial charge on any atom is 0.0562 e. The minimum absolute atomic E-state index is 0.152. The average molecular weight is 202 g/mol. The Bertz CT molecular complexity index is 104. The van der Waals surface area contributed by atoms with E-state index < -0.39 is 0 Å². The molecule has 0 fully saturated rings. The zero-order valence-electron chi connectivity index (χ0n) is 9.80. The minimum atomic E-state index is -0.152. The quantitative estimate of drug-likeness (QED) is 0.551. The molecule has 1 atom stereocenters. The molecule has 0 aromatic rings. The van der Waals surface area contributed by atoms with Crippen LogP contribution < -0.4 is 0 Å². The Labute approximate surface area is 88.7 Å². The third-order valence-electron chi connectivity index (χ3n) is 2.55. The molecule has 0 bridgehead atoms. The van der Waals surface area contributed by atoms with Gasteiger partial charge in [0.2, 0.25) is 0 Å². The van der Waals surface area contributed by atoms with Gasteiger partial charge in [-0.05, 0) is 12.8 Å². The topological polar surface area (TPSA) is 29.5 Å². The van der Waals surface area contributed by atoms with Crippen molar-refractivity contribution >= 4 is 0 Å². The van der Waals surface area contributed by atoms with Crippen LogP contribution in [0.5, 0.6) is 0 Å². The molecule has 1 unspecified atom stereocenters. The molecule has 0 aliphatic heterocycles. The molecule has 0 amide bonds. The molecular formula is C12H26O2. The Morgan fingerprint density at radius 1 is 1.00 bits per heavy atom. The predicted molar refractivity (Wildman–Crippen MR) is 60.5 cm³/mol. The summed E-state index contributed by atoms with van der Waals surface area (Å²) in [7, 11) is 1.68. The summed E-state index contributed by atoms with van der Waals surface area (Å²) in [5.74, 6) is 0. The van der Waals surface area contributed by atoms with Gasteiger partial charge in [-0.1, -0.05) is 45.4 Å². The number of methoxy groups -OCH3 is 1. The van der Waals surface area contributed by atoms with Crippen molar-refractivity contribution in [3.8, 4) is 0 Å². The van der Waals surface area contributed by atoms with Gasteiger partial charge in [-0.25, -0.2) is 0 Å². The molecule has 0 saturated carbocycles. The maximum atomic E-state index is 9.50. The van der Waals surface area contributed by atoms with Crippen LogP contribution >= 0.6 is 0 Å². The Morgan fingerprint density at radius 2 is 1.64 bits per heavy atom. The smallest absolute Gasteiger partial charge is 0.0562 e. The van der Waals surface area contributed by atoms with E-state index in [4.69, 9.17) is 4.74 Å². The minimum Gasteiger partial charge on any atom is -0.393 e. The van der Waals surface area contributed by atoms with Crippen molar-refractivity contribution in [2.75, 3.05) is 13.7 Å². The van der Waals surface area contributed by atoms with E-state index in [-0.39, 0.29) is 6.10 Å². The Kier molecular flexibility index (Phi) is 10.9. The molecular weight excluding hydrogens is 176 g/mol. The predicted octanol–water partition coefficient (Wildman–Crippen LogP) is 3.13. The second-order valence-corrected chi connectivity index (χ2v) is 3.99. The zero-order valence-corrected chi connectivity index (χ0v) is 9.80. The molecule has 0 saturated heterocycles. The summed E-state index contributed by atoms with van der Waals surface area (Å²) in [6, 6.07) is 0. The molecule has 1 N–H and O–H groups in total. The highest BCUT2D eigenvalue weighted by molar-refractivity contribution is 4.55. The van der Waals surface area contributed by atoms with Crippen molar-refractivity contribution in [3.63, 3.8) is 0 Å². The number of ether oxygens (including phenoxy) is 1. The van der Waals surface area contributed by atoms with E-state index >= 15 is 0 Å². The van der Waals surface area contributed by atoms with Crippen LogP contribution in [0.1, 0.15) is 58.3 Å². The fourth-order valence-corrected chi connectivity index (χ4v) is 1.56. The fourth-order valence-electron chi connectivity index (χ4n) is 1.56. The van der Waals surface area contributed by atoms with E-state index in [0.717, 1.165) is 19.3 Å². The van der Waals surface area contributed by atoms with Crippen molar-refractivity contribution in [1.29, 1.82) is 0 Å². The second-order valence-electron chi connectivity index (χ2n) is 3.99. The molecule has 0 aliphatic rings. The summed E-state index contributed by atoms with van der Waals surface area (Å²) in [6.07, 6.45) is 9.33. The molecule has 2 nitrogen and oxygen atoms in total. The van der Waals surface area contributed by atoms with E-state index in [1.165, 1.54) is 32.1 Å². The van der Waals surface area contributed by atoms with E-state index in [2.05, 4.69) is 6.92 Å². The molecule has 0 spiro atoms. The van der Waals surface area contributed by atoms with E-state index in [1.807, 2.05) is 0 Å². The summed E-state index contributed by atoms with van der Waals surface area (Å²) < 4.78 is 4.91. The Balaban J connectivity index is 3.02. The van der Waals surface area contributed by atoms with Crippen LogP contribution in [-0.2, 0) is 4.74 Å². The average Bonchev–Trinajstić information content (AvgIpc) is 2.20. The first-order chi connectivity index (χ1) is 6.81. The molecule has 86 valence electrons. The van der Waals surface area contributed by atoms with Crippen LogP contribution in [-0.4, -0.2) is 24.9 Å². The third-order valence-corrected chi connectivity index (χ3v) is 2.55. The molecule has 0 radical (unpaired) electrons. The van der Waals surface area contributed by atoms with Gasteiger partial charge in [-0.15, -0.1) is 0 Å². The van der Waals surface area contributed by atoms with Gasteiger partial charge in [0.05, 0.1) is 6.10 Å². The second kappa shape index (κ2) is 11.0. The first-order valence-corrected chi connectivity index (χ1v) is 5.98. The van der Waals surface area contributed by atoms with Gasteiger partial charge < -0.3 is 9.84 Å². The van der Waals surface area contributed by atoms with Crippen LogP contribution in [0.3, 0.4) is 0 Å². The number of hydrogen-bond donors (Lipinski definition) is 1. The van der Waals surface area contributed by atoms with Crippen LogP contribution in [0.4, 0.5) is 0 Å². The van der Waals surface area contributed by atoms with Crippen molar-refractivity contribution in [3.05, 3.63) is 0 Å². The third kappa shape index (κ3) is 10.0. The van der Waals surface area contributed by atoms with Crippen molar-refractivity contribution in [2.45, 2.75) is 64.4 Å². The van der Waals surface area contributed by atoms with Crippen molar-refractivity contribution in [2.24, 2.45) is 0 Å². The fraction of sp³-hybridized carbons (Fsp3) is 1.00. The summed E-state index contributed by atoms with van der Waals surface area (Å²) in [5, 5.41) is 9.50. The van der Waals surface area contributed by atoms with Gasteiger partial charge in [0.1, 0.15) is 0 Å². The van der Waals surface area contributed by atoms with Gasteiger partial charge in [0.25, 0.3) is 0 Å². The van der Waals surface area contributed by atoms with Gasteiger partial charge in [-0.2, -0.15) is 0 Å². The van der Waals surface area contributed by atoms with Crippen LogP contribution in [0.25, 0.3) is 0 Å². The number of unbranched alkanes of at least 4 members (excludes halogenated alkanes) is 5. The lowest BCUT2D eigenvalue weighted by Crippen LogP contribution is -2.09. The summed E-state index contributed by atoms with van der Waals surface area (Å²) in [6.45, 7) is 2.91. The number of aliphatic hydroxyl groups excluding tert-OH is 1. The van der Waals surface area contributed by atoms with Crippen molar-refractivity contribution < 1.29 is 9.84 Å². The lowest BCUT2D eigenvalue weighted by atomic mass is 10.1. The Morgan fingerprint density at radius 3 is 2.29 bits per heavy atom. The van der Waals surface area contributed by atoms with Gasteiger partial charge in [0, 0.05) is 13.7 Å². The first kappa shape index (κ1) is 13.9. The molecule has 0 aromatic carbocycles. The monoisotopic (exact) mass is 202 g/mol. The summed E-state index contributed by atoms with van der Waals surface area (Å²) >= 11 is 0. The van der Waals surface area contributed by atoms with Crippen LogP contribution in [0.2, 0.25) is 0 Å². The molecule has 0 aliphatic carbocycles. The van der Waals surface area contributed by atoms with Crippen molar-refractivity contribution in [1.82, 2.24) is 0 Å². The number of hydrogen-bond acceptors (Lipinski definition) is 2. The molecule has 0 aromatic heterocycles. The number of rotatable bonds is 10.